The van der Waals surface area contributed by atoms with Crippen molar-refractivity contribution in [3.05, 3.63) is 29.8 Å². The predicted octanol–water partition coefficient (Wildman–Crippen LogP) is 2.03. The van der Waals surface area contributed by atoms with E-state index in [1.54, 1.807) is 6.92 Å². The molecule has 0 aromatic heterocycles. The summed E-state index contributed by atoms with van der Waals surface area (Å²) in [6.07, 6.45) is 0.946. The van der Waals surface area contributed by atoms with Crippen LogP contribution in [-0.2, 0) is 16.3 Å². The van der Waals surface area contributed by atoms with Crippen molar-refractivity contribution < 1.29 is 8.42 Å². The van der Waals surface area contributed by atoms with Gasteiger partial charge in [0.25, 0.3) is 0 Å². The van der Waals surface area contributed by atoms with E-state index in [0.29, 0.717) is 0 Å². The van der Waals surface area contributed by atoms with Gasteiger partial charge in [-0.25, -0.2) is 8.42 Å². The molecule has 1 aromatic rings. The van der Waals surface area contributed by atoms with Crippen molar-refractivity contribution in [3.63, 3.8) is 0 Å². The average Bonchev–Trinajstić information content (AvgIpc) is 2.38. The normalized spacial score (nSPS) is 11.8. The molecule has 0 bridgehead atoms. The molecule has 0 spiro atoms. The van der Waals surface area contributed by atoms with Crippen LogP contribution >= 0.6 is 24.0 Å². The van der Waals surface area contributed by atoms with Crippen LogP contribution in [0.15, 0.2) is 29.3 Å². The van der Waals surface area contributed by atoms with Crippen LogP contribution in [0.4, 0.5) is 5.69 Å². The molecule has 0 amide bonds. The van der Waals surface area contributed by atoms with E-state index >= 15 is 0 Å². The molecule has 0 aliphatic carbocycles. The van der Waals surface area contributed by atoms with E-state index in [2.05, 4.69) is 17.2 Å². The number of hydrogen-bond donors (Lipinski definition) is 2. The Balaban J connectivity index is 0.00000361. The van der Waals surface area contributed by atoms with Crippen molar-refractivity contribution in [2.24, 2.45) is 10.7 Å². The largest absolute Gasteiger partial charge is 0.370 e. The standard InChI is InChI=1S/C13H21N3O2S.HI/c1-3-11-6-5-7-12(10-11)16-13(14)15-8-9-19(17,18)4-2;/h5-7,10H,3-4,8-9H2,1-2H3,(H3,14,15,16);1H. The topological polar surface area (TPSA) is 84.5 Å². The summed E-state index contributed by atoms with van der Waals surface area (Å²) in [6.45, 7) is 3.88. The highest BCUT2D eigenvalue weighted by atomic mass is 127. The number of benzene rings is 1. The van der Waals surface area contributed by atoms with Gasteiger partial charge in [-0.15, -0.1) is 24.0 Å². The van der Waals surface area contributed by atoms with E-state index in [-0.39, 0.29) is 48.0 Å². The van der Waals surface area contributed by atoms with Crippen LogP contribution in [-0.4, -0.2) is 32.4 Å². The Labute approximate surface area is 138 Å². The Bertz CT molecular complexity index is 544. The summed E-state index contributed by atoms with van der Waals surface area (Å²) >= 11 is 0. The SMILES string of the molecule is CCc1cccc(NC(N)=NCCS(=O)(=O)CC)c1.I. The van der Waals surface area contributed by atoms with Gasteiger partial charge in [0.05, 0.1) is 12.3 Å². The van der Waals surface area contributed by atoms with Gasteiger partial charge in [-0.3, -0.25) is 4.99 Å². The van der Waals surface area contributed by atoms with Crippen molar-refractivity contribution in [2.75, 3.05) is 23.4 Å². The lowest BCUT2D eigenvalue weighted by Gasteiger charge is -2.07. The number of nitrogens with zero attached hydrogens (tertiary/aromatic N) is 1. The highest BCUT2D eigenvalue weighted by Gasteiger charge is 2.05. The molecule has 0 unspecified atom stereocenters. The molecule has 0 saturated heterocycles. The molecule has 0 fully saturated rings. The third-order valence-electron chi connectivity index (χ3n) is 2.73. The lowest BCUT2D eigenvalue weighted by molar-refractivity contribution is 0.597. The van der Waals surface area contributed by atoms with Crippen LogP contribution in [0.5, 0.6) is 0 Å². The summed E-state index contributed by atoms with van der Waals surface area (Å²) in [5.41, 5.74) is 7.77. The third-order valence-corrected chi connectivity index (χ3v) is 4.42. The molecule has 0 aliphatic heterocycles. The van der Waals surface area contributed by atoms with Crippen molar-refractivity contribution in [1.29, 1.82) is 0 Å². The van der Waals surface area contributed by atoms with Crippen LogP contribution in [0.3, 0.4) is 0 Å². The number of guanidine groups is 1. The maximum atomic E-state index is 11.3. The van der Waals surface area contributed by atoms with Gasteiger partial charge in [0.1, 0.15) is 0 Å². The first-order valence-electron chi connectivity index (χ1n) is 6.33. The van der Waals surface area contributed by atoms with Gasteiger partial charge >= 0.3 is 0 Å². The number of hydrogen-bond acceptors (Lipinski definition) is 3. The highest BCUT2D eigenvalue weighted by molar-refractivity contribution is 14.0. The van der Waals surface area contributed by atoms with E-state index in [1.165, 1.54) is 5.56 Å². The number of aryl methyl sites for hydroxylation is 1. The summed E-state index contributed by atoms with van der Waals surface area (Å²) in [5.74, 6) is 0.398. The zero-order valence-corrected chi connectivity index (χ0v) is 14.9. The van der Waals surface area contributed by atoms with Crippen molar-refractivity contribution >= 4 is 45.5 Å². The number of anilines is 1. The Morgan fingerprint density at radius 3 is 2.65 bits per heavy atom. The first-order chi connectivity index (χ1) is 8.96. The lowest BCUT2D eigenvalue weighted by atomic mass is 10.1. The molecular formula is C13H22IN3O2S. The molecule has 0 saturated carbocycles. The van der Waals surface area contributed by atoms with Gasteiger partial charge in [-0.1, -0.05) is 26.0 Å². The van der Waals surface area contributed by atoms with Gasteiger partial charge in [0, 0.05) is 11.4 Å². The van der Waals surface area contributed by atoms with Crippen molar-refractivity contribution in [3.8, 4) is 0 Å². The zero-order chi connectivity index (χ0) is 14.3. The molecule has 1 rings (SSSR count). The fraction of sp³-hybridized carbons (Fsp3) is 0.462. The molecule has 20 heavy (non-hydrogen) atoms. The summed E-state index contributed by atoms with van der Waals surface area (Å²) in [7, 11) is -2.99. The Morgan fingerprint density at radius 1 is 1.35 bits per heavy atom. The summed E-state index contributed by atoms with van der Waals surface area (Å²) in [6, 6.07) is 7.86. The van der Waals surface area contributed by atoms with Gasteiger partial charge in [0.2, 0.25) is 0 Å². The molecule has 0 atom stereocenters. The summed E-state index contributed by atoms with van der Waals surface area (Å²) in [5, 5.41) is 2.95. The first kappa shape index (κ1) is 19.2. The monoisotopic (exact) mass is 411 g/mol. The first-order valence-corrected chi connectivity index (χ1v) is 8.15. The molecule has 7 heteroatoms. The maximum absolute atomic E-state index is 11.3. The Morgan fingerprint density at radius 2 is 2.05 bits per heavy atom. The van der Waals surface area contributed by atoms with Crippen LogP contribution in [0.1, 0.15) is 19.4 Å². The molecule has 114 valence electrons. The maximum Gasteiger partial charge on any atom is 0.193 e. The Hall–Kier alpha value is -0.830. The molecule has 0 heterocycles. The van der Waals surface area contributed by atoms with Gasteiger partial charge in [-0.2, -0.15) is 0 Å². The van der Waals surface area contributed by atoms with E-state index in [4.69, 9.17) is 5.73 Å². The van der Waals surface area contributed by atoms with E-state index in [1.807, 2.05) is 24.3 Å². The number of rotatable bonds is 6. The minimum absolute atomic E-state index is 0. The third kappa shape index (κ3) is 7.09. The highest BCUT2D eigenvalue weighted by Crippen LogP contribution is 2.10. The molecule has 5 nitrogen and oxygen atoms in total. The number of sulfone groups is 1. The number of nitrogens with two attached hydrogens (primary N) is 1. The molecule has 0 radical (unpaired) electrons. The quantitative estimate of drug-likeness (QED) is 0.426. The predicted molar refractivity (Wildman–Crippen MR) is 95.7 cm³/mol. The van der Waals surface area contributed by atoms with Crippen molar-refractivity contribution in [1.82, 2.24) is 0 Å². The van der Waals surface area contributed by atoms with Crippen LogP contribution < -0.4 is 11.1 Å². The average molecular weight is 411 g/mol. The second-order valence-electron chi connectivity index (χ2n) is 4.18. The molecular weight excluding hydrogens is 389 g/mol. The van der Waals surface area contributed by atoms with Gasteiger partial charge < -0.3 is 11.1 Å². The number of nitrogens with one attached hydrogen (secondary N) is 1. The second-order valence-corrected chi connectivity index (χ2v) is 6.66. The fourth-order valence-corrected chi connectivity index (χ4v) is 2.16. The summed E-state index contributed by atoms with van der Waals surface area (Å²) in [4.78, 5) is 4.01. The van der Waals surface area contributed by atoms with E-state index in [9.17, 15) is 8.42 Å². The zero-order valence-electron chi connectivity index (χ0n) is 11.8. The van der Waals surface area contributed by atoms with Crippen LogP contribution in [0, 0.1) is 0 Å². The molecule has 0 aliphatic rings. The van der Waals surface area contributed by atoms with Crippen LogP contribution in [0.2, 0.25) is 0 Å². The van der Waals surface area contributed by atoms with Gasteiger partial charge in [0.15, 0.2) is 15.8 Å². The van der Waals surface area contributed by atoms with E-state index in [0.717, 1.165) is 12.1 Å². The Kier molecular flexibility index (Phi) is 8.79. The molecule has 3 N–H and O–H groups in total. The minimum Gasteiger partial charge on any atom is -0.370 e. The van der Waals surface area contributed by atoms with Gasteiger partial charge in [-0.05, 0) is 24.1 Å². The minimum atomic E-state index is -2.99. The molecule has 1 aromatic carbocycles. The van der Waals surface area contributed by atoms with Crippen LogP contribution in [0.25, 0.3) is 0 Å². The number of aliphatic imine (C=N–C) groups is 1. The van der Waals surface area contributed by atoms with Crippen molar-refractivity contribution in [2.45, 2.75) is 20.3 Å². The lowest BCUT2D eigenvalue weighted by Crippen LogP contribution is -2.24. The fourth-order valence-electron chi connectivity index (χ4n) is 1.51. The smallest absolute Gasteiger partial charge is 0.193 e. The number of halogens is 1. The summed E-state index contributed by atoms with van der Waals surface area (Å²) < 4.78 is 22.6. The van der Waals surface area contributed by atoms with E-state index < -0.39 is 9.84 Å². The second kappa shape index (κ2) is 9.17.